The van der Waals surface area contributed by atoms with E-state index in [4.69, 9.17) is 4.74 Å². The molecule has 4 heteroatoms. The minimum Gasteiger partial charge on any atom is -0.508 e. The number of carbonyl (C=O) groups is 1. The molecule has 0 aliphatic heterocycles. The number of hydrogen-bond acceptors (Lipinski definition) is 3. The summed E-state index contributed by atoms with van der Waals surface area (Å²) in [6, 6.07) is 15.0. The number of phenolic OH excluding ortho intramolecular Hbond substituents is 1. The quantitative estimate of drug-likeness (QED) is 0.862. The van der Waals surface area contributed by atoms with Crippen LogP contribution in [0.2, 0.25) is 0 Å². The summed E-state index contributed by atoms with van der Waals surface area (Å²) < 4.78 is 5.15. The standard InChI is InChI=1S/C19H21NO3/c1-23-16-8-4-14(5-9-16)17-12-18(17)19(22)20-11-10-13-2-6-15(21)7-3-13/h2-9,17-18,21H,10-12H2,1H3,(H,20,22). The summed E-state index contributed by atoms with van der Waals surface area (Å²) in [5, 5.41) is 12.2. The number of ether oxygens (including phenoxy) is 1. The van der Waals surface area contributed by atoms with Crippen molar-refractivity contribution in [1.82, 2.24) is 5.32 Å². The van der Waals surface area contributed by atoms with E-state index in [-0.39, 0.29) is 17.6 Å². The predicted octanol–water partition coefficient (Wildman–Crippen LogP) is 2.86. The molecule has 1 saturated carbocycles. The van der Waals surface area contributed by atoms with Gasteiger partial charge in [-0.2, -0.15) is 0 Å². The molecular weight excluding hydrogens is 290 g/mol. The second-order valence-corrected chi connectivity index (χ2v) is 5.93. The van der Waals surface area contributed by atoms with Gasteiger partial charge < -0.3 is 15.2 Å². The van der Waals surface area contributed by atoms with Gasteiger partial charge in [0.05, 0.1) is 7.11 Å². The summed E-state index contributed by atoms with van der Waals surface area (Å²) in [7, 11) is 1.65. The Morgan fingerprint density at radius 3 is 2.52 bits per heavy atom. The summed E-state index contributed by atoms with van der Waals surface area (Å²) >= 11 is 0. The van der Waals surface area contributed by atoms with E-state index in [0.717, 1.165) is 24.2 Å². The maximum atomic E-state index is 12.2. The van der Waals surface area contributed by atoms with Gasteiger partial charge in [-0.1, -0.05) is 24.3 Å². The number of methoxy groups -OCH3 is 1. The van der Waals surface area contributed by atoms with Crippen molar-refractivity contribution in [1.29, 1.82) is 0 Å². The number of hydrogen-bond donors (Lipinski definition) is 2. The van der Waals surface area contributed by atoms with E-state index >= 15 is 0 Å². The van der Waals surface area contributed by atoms with Crippen LogP contribution >= 0.6 is 0 Å². The Bertz CT molecular complexity index is 664. The molecule has 0 saturated heterocycles. The van der Waals surface area contributed by atoms with Gasteiger partial charge in [-0.05, 0) is 54.2 Å². The largest absolute Gasteiger partial charge is 0.508 e. The number of rotatable bonds is 6. The number of phenols is 1. The van der Waals surface area contributed by atoms with E-state index in [1.165, 1.54) is 5.56 Å². The molecule has 2 aromatic rings. The first kappa shape index (κ1) is 15.4. The Balaban J connectivity index is 1.45. The number of carbonyl (C=O) groups excluding carboxylic acids is 1. The first-order valence-electron chi connectivity index (χ1n) is 7.87. The van der Waals surface area contributed by atoms with Crippen LogP contribution in [0.3, 0.4) is 0 Å². The highest BCUT2D eigenvalue weighted by atomic mass is 16.5. The van der Waals surface area contributed by atoms with Crippen LogP contribution in [0.25, 0.3) is 0 Å². The minimum atomic E-state index is 0.0863. The monoisotopic (exact) mass is 311 g/mol. The van der Waals surface area contributed by atoms with Crippen molar-refractivity contribution in [2.45, 2.75) is 18.8 Å². The Hall–Kier alpha value is -2.49. The van der Waals surface area contributed by atoms with Crippen molar-refractivity contribution in [3.05, 3.63) is 59.7 Å². The molecular formula is C19H21NO3. The third-order valence-corrected chi connectivity index (χ3v) is 4.32. The molecule has 2 unspecified atom stereocenters. The molecule has 2 atom stereocenters. The zero-order valence-corrected chi connectivity index (χ0v) is 13.2. The van der Waals surface area contributed by atoms with Gasteiger partial charge in [0, 0.05) is 12.5 Å². The second-order valence-electron chi connectivity index (χ2n) is 5.93. The van der Waals surface area contributed by atoms with E-state index in [9.17, 15) is 9.90 Å². The predicted molar refractivity (Wildman–Crippen MR) is 88.7 cm³/mol. The smallest absolute Gasteiger partial charge is 0.223 e. The molecule has 2 aromatic carbocycles. The summed E-state index contributed by atoms with van der Waals surface area (Å²) in [5.41, 5.74) is 2.30. The maximum Gasteiger partial charge on any atom is 0.223 e. The molecule has 1 aliphatic rings. The van der Waals surface area contributed by atoms with Crippen molar-refractivity contribution in [2.75, 3.05) is 13.7 Å². The molecule has 0 spiro atoms. The van der Waals surface area contributed by atoms with Crippen LogP contribution in [-0.2, 0) is 11.2 Å². The van der Waals surface area contributed by atoms with Crippen molar-refractivity contribution >= 4 is 5.91 Å². The Kier molecular flexibility index (Phi) is 4.51. The average Bonchev–Trinajstić information content (AvgIpc) is 3.37. The number of aromatic hydroxyl groups is 1. The van der Waals surface area contributed by atoms with E-state index < -0.39 is 0 Å². The van der Waals surface area contributed by atoms with Gasteiger partial charge in [-0.15, -0.1) is 0 Å². The van der Waals surface area contributed by atoms with Crippen LogP contribution in [0.1, 0.15) is 23.5 Å². The lowest BCUT2D eigenvalue weighted by Gasteiger charge is -2.06. The highest BCUT2D eigenvalue weighted by molar-refractivity contribution is 5.82. The summed E-state index contributed by atoms with van der Waals surface area (Å²) in [4.78, 5) is 12.2. The van der Waals surface area contributed by atoms with Crippen LogP contribution in [-0.4, -0.2) is 24.7 Å². The van der Waals surface area contributed by atoms with Gasteiger partial charge >= 0.3 is 0 Å². The molecule has 1 fully saturated rings. The van der Waals surface area contributed by atoms with Crippen LogP contribution in [0.15, 0.2) is 48.5 Å². The van der Waals surface area contributed by atoms with Gasteiger partial charge in [0.2, 0.25) is 5.91 Å². The molecule has 1 amide bonds. The Morgan fingerprint density at radius 1 is 1.17 bits per heavy atom. The van der Waals surface area contributed by atoms with Gasteiger partial charge in [-0.3, -0.25) is 4.79 Å². The van der Waals surface area contributed by atoms with E-state index in [2.05, 4.69) is 5.32 Å². The zero-order valence-electron chi connectivity index (χ0n) is 13.2. The Morgan fingerprint density at radius 2 is 1.87 bits per heavy atom. The average molecular weight is 311 g/mol. The van der Waals surface area contributed by atoms with Crippen molar-refractivity contribution in [3.8, 4) is 11.5 Å². The first-order valence-corrected chi connectivity index (χ1v) is 7.87. The van der Waals surface area contributed by atoms with Crippen LogP contribution in [0.4, 0.5) is 0 Å². The molecule has 0 bridgehead atoms. The van der Waals surface area contributed by atoms with Crippen molar-refractivity contribution in [2.24, 2.45) is 5.92 Å². The SMILES string of the molecule is COc1ccc(C2CC2C(=O)NCCc2ccc(O)cc2)cc1. The lowest BCUT2D eigenvalue weighted by atomic mass is 10.1. The second kappa shape index (κ2) is 6.73. The van der Waals surface area contributed by atoms with E-state index in [0.29, 0.717) is 12.5 Å². The molecule has 3 rings (SSSR count). The van der Waals surface area contributed by atoms with Crippen molar-refractivity contribution in [3.63, 3.8) is 0 Å². The first-order chi connectivity index (χ1) is 11.2. The summed E-state index contributed by atoms with van der Waals surface area (Å²) in [6.45, 7) is 0.620. The number of nitrogens with one attached hydrogen (secondary N) is 1. The van der Waals surface area contributed by atoms with Crippen LogP contribution < -0.4 is 10.1 Å². The molecule has 0 heterocycles. The van der Waals surface area contributed by atoms with E-state index in [1.54, 1.807) is 19.2 Å². The lowest BCUT2D eigenvalue weighted by molar-refractivity contribution is -0.122. The summed E-state index contributed by atoms with van der Waals surface area (Å²) in [6.07, 6.45) is 1.68. The topological polar surface area (TPSA) is 58.6 Å². The fourth-order valence-corrected chi connectivity index (χ4v) is 2.83. The van der Waals surface area contributed by atoms with Gasteiger partial charge in [0.15, 0.2) is 0 Å². The molecule has 0 radical (unpaired) electrons. The van der Waals surface area contributed by atoms with Crippen LogP contribution in [0.5, 0.6) is 11.5 Å². The molecule has 1 aliphatic carbocycles. The number of amides is 1. The lowest BCUT2D eigenvalue weighted by Crippen LogP contribution is -2.27. The zero-order chi connectivity index (χ0) is 16.2. The molecule has 4 nitrogen and oxygen atoms in total. The van der Waals surface area contributed by atoms with Crippen LogP contribution in [0, 0.1) is 5.92 Å². The third kappa shape index (κ3) is 3.83. The van der Waals surface area contributed by atoms with Gasteiger partial charge in [-0.25, -0.2) is 0 Å². The summed E-state index contributed by atoms with van der Waals surface area (Å²) in [5.74, 6) is 1.64. The van der Waals surface area contributed by atoms with Gasteiger partial charge in [0.1, 0.15) is 11.5 Å². The molecule has 2 N–H and O–H groups in total. The highest BCUT2D eigenvalue weighted by Gasteiger charge is 2.43. The maximum absolute atomic E-state index is 12.2. The number of benzene rings is 2. The third-order valence-electron chi connectivity index (χ3n) is 4.32. The fraction of sp³-hybridized carbons (Fsp3) is 0.316. The normalized spacial score (nSPS) is 19.2. The van der Waals surface area contributed by atoms with E-state index in [1.807, 2.05) is 36.4 Å². The molecule has 120 valence electrons. The Labute approximate surface area is 136 Å². The fourth-order valence-electron chi connectivity index (χ4n) is 2.83. The minimum absolute atomic E-state index is 0.0863. The van der Waals surface area contributed by atoms with Crippen molar-refractivity contribution < 1.29 is 14.6 Å². The molecule has 23 heavy (non-hydrogen) atoms. The molecule has 0 aromatic heterocycles. The highest BCUT2D eigenvalue weighted by Crippen LogP contribution is 2.47. The van der Waals surface area contributed by atoms with Gasteiger partial charge in [0.25, 0.3) is 0 Å².